The summed E-state index contributed by atoms with van der Waals surface area (Å²) in [6, 6.07) is 33.9. The molecule has 2 heteroatoms. The lowest BCUT2D eigenvalue weighted by Gasteiger charge is -2.25. The number of hydrogen-bond acceptors (Lipinski definition) is 2. The minimum absolute atomic E-state index is 0.422. The molecule has 148 valence electrons. The first-order valence-corrected chi connectivity index (χ1v) is 11.3. The van der Waals surface area contributed by atoms with E-state index < -0.39 is 0 Å². The molecule has 30 heavy (non-hydrogen) atoms. The van der Waals surface area contributed by atoms with Gasteiger partial charge in [0.05, 0.1) is 0 Å². The molecule has 0 aromatic heterocycles. The number of ether oxygens (including phenoxy) is 1. The van der Waals surface area contributed by atoms with Crippen LogP contribution in [-0.4, -0.2) is 0 Å². The highest BCUT2D eigenvalue weighted by molar-refractivity contribution is 7.99. The molecule has 0 unspecified atom stereocenters. The van der Waals surface area contributed by atoms with E-state index in [-0.39, 0.29) is 0 Å². The molecule has 4 aromatic carbocycles. The molecule has 6 rings (SSSR count). The third-order valence-electron chi connectivity index (χ3n) is 5.98. The Morgan fingerprint density at radius 3 is 1.37 bits per heavy atom. The average molecular weight is 409 g/mol. The molecule has 0 atom stereocenters. The fraction of sp³-hybridized carbons (Fsp3) is 0.143. The van der Waals surface area contributed by atoms with Crippen LogP contribution in [0.15, 0.2) is 107 Å². The van der Waals surface area contributed by atoms with Crippen LogP contribution in [0.5, 0.6) is 11.5 Å². The lowest BCUT2D eigenvalue weighted by Crippen LogP contribution is -2.06. The molecule has 2 aliphatic rings. The molecule has 0 saturated heterocycles. The Balaban J connectivity index is 0.000000128. The van der Waals surface area contributed by atoms with E-state index in [1.165, 1.54) is 32.0 Å². The lowest BCUT2D eigenvalue weighted by atomic mass is 9.90. The summed E-state index contributed by atoms with van der Waals surface area (Å²) in [5.41, 5.74) is 5.47. The Morgan fingerprint density at radius 2 is 0.867 bits per heavy atom. The van der Waals surface area contributed by atoms with Gasteiger partial charge in [0.2, 0.25) is 0 Å². The first-order chi connectivity index (χ1) is 14.7. The largest absolute Gasteiger partial charge is 0.457 e. The van der Waals surface area contributed by atoms with Crippen molar-refractivity contribution < 1.29 is 4.74 Å². The first-order valence-electron chi connectivity index (χ1n) is 10.4. The molecule has 1 nitrogen and oxygen atoms in total. The van der Waals surface area contributed by atoms with Crippen LogP contribution in [0.4, 0.5) is 0 Å². The van der Waals surface area contributed by atoms with Gasteiger partial charge >= 0.3 is 0 Å². The Bertz CT molecular complexity index is 1010. The summed E-state index contributed by atoms with van der Waals surface area (Å²) >= 11 is 1.89. The monoisotopic (exact) mass is 408 g/mol. The van der Waals surface area contributed by atoms with Gasteiger partial charge in [-0.3, -0.25) is 0 Å². The third-order valence-corrected chi connectivity index (χ3v) is 7.17. The van der Waals surface area contributed by atoms with Crippen molar-refractivity contribution >= 4 is 11.8 Å². The van der Waals surface area contributed by atoms with E-state index in [2.05, 4.69) is 86.6 Å². The average Bonchev–Trinajstić information content (AvgIpc) is 2.80. The number of fused-ring (bicyclic) bond motifs is 4. The van der Waals surface area contributed by atoms with Gasteiger partial charge in [0.15, 0.2) is 0 Å². The molecular weight excluding hydrogens is 384 g/mol. The summed E-state index contributed by atoms with van der Waals surface area (Å²) in [7, 11) is 0. The second-order valence-electron chi connectivity index (χ2n) is 7.80. The van der Waals surface area contributed by atoms with Crippen molar-refractivity contribution in [2.24, 2.45) is 0 Å². The predicted octanol–water partition coefficient (Wildman–Crippen LogP) is 8.25. The molecule has 4 aromatic rings. The van der Waals surface area contributed by atoms with Gasteiger partial charge in [-0.25, -0.2) is 0 Å². The number of para-hydroxylation sites is 2. The van der Waals surface area contributed by atoms with Gasteiger partial charge in [0.1, 0.15) is 11.5 Å². The molecule has 2 heterocycles. The van der Waals surface area contributed by atoms with Crippen molar-refractivity contribution in [3.8, 4) is 11.5 Å². The van der Waals surface area contributed by atoms with Crippen LogP contribution in [0.2, 0.25) is 0 Å². The molecule has 0 spiro atoms. The Labute approximate surface area is 182 Å². The lowest BCUT2D eigenvalue weighted by molar-refractivity contribution is 0.450. The van der Waals surface area contributed by atoms with Crippen LogP contribution in [0.3, 0.4) is 0 Å². The quantitative estimate of drug-likeness (QED) is 0.290. The van der Waals surface area contributed by atoms with Crippen molar-refractivity contribution in [3.63, 3.8) is 0 Å². The van der Waals surface area contributed by atoms with E-state index >= 15 is 0 Å². The van der Waals surface area contributed by atoms with Gasteiger partial charge in [0, 0.05) is 32.8 Å². The number of rotatable bonds is 0. The van der Waals surface area contributed by atoms with Crippen molar-refractivity contribution in [2.75, 3.05) is 0 Å². The summed E-state index contributed by atoms with van der Waals surface area (Å²) in [5.74, 6) is 2.93. The zero-order valence-corrected chi connectivity index (χ0v) is 18.0. The van der Waals surface area contributed by atoms with Crippen LogP contribution < -0.4 is 4.74 Å². The standard InChI is InChI=1S/C14H12O.C14H12S/c2*1-10-11-6-2-4-8-13(11)15-14-9-5-3-7-12(10)14/h2*2-10H,1H3. The van der Waals surface area contributed by atoms with Gasteiger partial charge in [0.25, 0.3) is 0 Å². The smallest absolute Gasteiger partial charge is 0.131 e. The molecular formula is C28H24OS. The summed E-state index contributed by atoms with van der Waals surface area (Å²) in [6.45, 7) is 4.51. The fourth-order valence-electron chi connectivity index (χ4n) is 4.30. The van der Waals surface area contributed by atoms with E-state index in [4.69, 9.17) is 4.74 Å². The highest BCUT2D eigenvalue weighted by Crippen LogP contribution is 2.45. The van der Waals surface area contributed by atoms with Crippen molar-refractivity contribution in [1.82, 2.24) is 0 Å². The maximum absolute atomic E-state index is 5.85. The number of hydrogen-bond donors (Lipinski definition) is 0. The van der Waals surface area contributed by atoms with Crippen LogP contribution in [0.1, 0.15) is 47.9 Å². The molecule has 0 saturated carbocycles. The molecule has 0 radical (unpaired) electrons. The predicted molar refractivity (Wildman–Crippen MR) is 125 cm³/mol. The maximum atomic E-state index is 5.85. The summed E-state index contributed by atoms with van der Waals surface area (Å²) in [6.07, 6.45) is 0. The maximum Gasteiger partial charge on any atom is 0.131 e. The molecule has 0 N–H and O–H groups in total. The van der Waals surface area contributed by atoms with Gasteiger partial charge in [-0.1, -0.05) is 98.4 Å². The molecule has 0 amide bonds. The van der Waals surface area contributed by atoms with Gasteiger partial charge in [-0.2, -0.15) is 0 Å². The van der Waals surface area contributed by atoms with Crippen molar-refractivity contribution in [1.29, 1.82) is 0 Å². The molecule has 0 bridgehead atoms. The van der Waals surface area contributed by atoms with Crippen molar-refractivity contribution in [2.45, 2.75) is 35.5 Å². The highest BCUT2D eigenvalue weighted by atomic mass is 32.2. The van der Waals surface area contributed by atoms with E-state index in [0.29, 0.717) is 11.8 Å². The first kappa shape index (κ1) is 19.0. The Morgan fingerprint density at radius 1 is 0.500 bits per heavy atom. The molecule has 2 aliphatic heterocycles. The van der Waals surface area contributed by atoms with Crippen LogP contribution in [-0.2, 0) is 0 Å². The zero-order chi connectivity index (χ0) is 20.5. The Kier molecular flexibility index (Phi) is 5.10. The molecule has 0 aliphatic carbocycles. The SMILES string of the molecule is CC1c2ccccc2Oc2ccccc21.CC1c2ccccc2Sc2ccccc21. The number of benzene rings is 4. The summed E-state index contributed by atoms with van der Waals surface area (Å²) in [5, 5.41) is 0. The highest BCUT2D eigenvalue weighted by Gasteiger charge is 2.23. The second kappa shape index (κ2) is 8.04. The Hall–Kier alpha value is -2.97. The molecule has 0 fully saturated rings. The third kappa shape index (κ3) is 3.42. The fourth-order valence-corrected chi connectivity index (χ4v) is 5.55. The topological polar surface area (TPSA) is 9.23 Å². The summed E-state index contributed by atoms with van der Waals surface area (Å²) < 4.78 is 5.85. The zero-order valence-electron chi connectivity index (χ0n) is 17.2. The van der Waals surface area contributed by atoms with Crippen LogP contribution in [0, 0.1) is 0 Å². The van der Waals surface area contributed by atoms with Crippen LogP contribution >= 0.6 is 11.8 Å². The van der Waals surface area contributed by atoms with Crippen LogP contribution in [0.25, 0.3) is 0 Å². The van der Waals surface area contributed by atoms with E-state index in [9.17, 15) is 0 Å². The van der Waals surface area contributed by atoms with Gasteiger partial charge < -0.3 is 4.74 Å². The minimum atomic E-state index is 0.422. The van der Waals surface area contributed by atoms with Crippen molar-refractivity contribution in [3.05, 3.63) is 119 Å². The normalized spacial score (nSPS) is 14.2. The van der Waals surface area contributed by atoms with E-state index in [0.717, 1.165) is 11.5 Å². The van der Waals surface area contributed by atoms with E-state index in [1.54, 1.807) is 0 Å². The van der Waals surface area contributed by atoms with Gasteiger partial charge in [-0.15, -0.1) is 0 Å². The van der Waals surface area contributed by atoms with Gasteiger partial charge in [-0.05, 0) is 35.4 Å². The summed E-state index contributed by atoms with van der Waals surface area (Å²) in [4.78, 5) is 2.81. The second-order valence-corrected chi connectivity index (χ2v) is 8.88. The minimum Gasteiger partial charge on any atom is -0.457 e. The van der Waals surface area contributed by atoms with E-state index in [1.807, 2.05) is 36.0 Å².